The smallest absolute Gasteiger partial charge is 0.235 e. The zero-order valence-electron chi connectivity index (χ0n) is 8.82. The number of methoxy groups -OCH3 is 1. The minimum Gasteiger partial charge on any atom is -0.480 e. The van der Waals surface area contributed by atoms with Crippen LogP contribution in [0.4, 0.5) is 0 Å². The van der Waals surface area contributed by atoms with Crippen molar-refractivity contribution in [2.24, 2.45) is 0 Å². The summed E-state index contributed by atoms with van der Waals surface area (Å²) in [5.74, 6) is 0.916. The summed E-state index contributed by atoms with van der Waals surface area (Å²) in [5.41, 5.74) is 0.916. The van der Waals surface area contributed by atoms with E-state index in [1.807, 2.05) is 0 Å². The molecule has 1 fully saturated rings. The lowest BCUT2D eigenvalue weighted by Crippen LogP contribution is -2.19. The van der Waals surface area contributed by atoms with Crippen LogP contribution in [-0.4, -0.2) is 22.5 Å². The molecule has 0 aliphatic heterocycles. The van der Waals surface area contributed by atoms with Crippen molar-refractivity contribution < 1.29 is 4.74 Å². The molecule has 1 aromatic heterocycles. The predicted octanol–water partition coefficient (Wildman–Crippen LogP) is 2.75. The van der Waals surface area contributed by atoms with Crippen LogP contribution in [0.5, 0.6) is 5.88 Å². The van der Waals surface area contributed by atoms with Crippen LogP contribution in [0.1, 0.15) is 37.3 Å². The number of nitrogens with zero attached hydrogens (tertiary/aromatic N) is 2. The Balaban J connectivity index is 2.26. The molecule has 0 aromatic carbocycles. The van der Waals surface area contributed by atoms with Gasteiger partial charge in [-0.2, -0.15) is 0 Å². The van der Waals surface area contributed by atoms with E-state index in [1.165, 1.54) is 12.8 Å². The van der Waals surface area contributed by atoms with Gasteiger partial charge in [0.2, 0.25) is 5.88 Å². The Kier molecular flexibility index (Phi) is 3.41. The number of rotatable bonds is 2. The summed E-state index contributed by atoms with van der Waals surface area (Å²) in [6.07, 6.45) is 7.93. The second-order valence-electron chi connectivity index (χ2n) is 3.86. The Morgan fingerprint density at radius 3 is 2.73 bits per heavy atom. The fourth-order valence-electron chi connectivity index (χ4n) is 2.14. The quantitative estimate of drug-likeness (QED) is 0.728. The lowest BCUT2D eigenvalue weighted by atomic mass is 9.86. The van der Waals surface area contributed by atoms with Gasteiger partial charge >= 0.3 is 0 Å². The van der Waals surface area contributed by atoms with E-state index in [9.17, 15) is 0 Å². The first-order valence-electron chi connectivity index (χ1n) is 5.32. The SMILES string of the molecule is COc1nccnc1C1CCCCC1Cl. The molecular weight excluding hydrogens is 212 g/mol. The summed E-state index contributed by atoms with van der Waals surface area (Å²) in [6.45, 7) is 0. The third-order valence-electron chi connectivity index (χ3n) is 2.92. The maximum Gasteiger partial charge on any atom is 0.235 e. The lowest BCUT2D eigenvalue weighted by molar-refractivity contribution is 0.368. The molecule has 1 heterocycles. The minimum absolute atomic E-state index is 0.171. The van der Waals surface area contributed by atoms with Gasteiger partial charge < -0.3 is 4.74 Å². The van der Waals surface area contributed by atoms with Crippen LogP contribution >= 0.6 is 11.6 Å². The van der Waals surface area contributed by atoms with Crippen molar-refractivity contribution in [3.05, 3.63) is 18.1 Å². The van der Waals surface area contributed by atoms with E-state index in [1.54, 1.807) is 19.5 Å². The largest absolute Gasteiger partial charge is 0.480 e. The number of halogens is 1. The van der Waals surface area contributed by atoms with Crippen molar-refractivity contribution in [1.29, 1.82) is 0 Å². The number of hydrogen-bond acceptors (Lipinski definition) is 3. The fourth-order valence-corrected chi connectivity index (χ4v) is 2.54. The van der Waals surface area contributed by atoms with Gasteiger partial charge in [0, 0.05) is 23.7 Å². The molecule has 0 N–H and O–H groups in total. The van der Waals surface area contributed by atoms with Gasteiger partial charge in [0.1, 0.15) is 5.69 Å². The van der Waals surface area contributed by atoms with Gasteiger partial charge in [0.15, 0.2) is 0 Å². The Morgan fingerprint density at radius 1 is 1.27 bits per heavy atom. The number of alkyl halides is 1. The van der Waals surface area contributed by atoms with Crippen LogP contribution < -0.4 is 4.74 Å². The average molecular weight is 227 g/mol. The summed E-state index contributed by atoms with van der Waals surface area (Å²) in [5, 5.41) is 0.171. The van der Waals surface area contributed by atoms with E-state index in [0.717, 1.165) is 18.5 Å². The molecule has 15 heavy (non-hydrogen) atoms. The van der Waals surface area contributed by atoms with E-state index in [4.69, 9.17) is 16.3 Å². The van der Waals surface area contributed by atoms with Gasteiger partial charge in [-0.1, -0.05) is 12.8 Å². The van der Waals surface area contributed by atoms with Crippen LogP contribution in [0.3, 0.4) is 0 Å². The zero-order chi connectivity index (χ0) is 10.7. The predicted molar refractivity (Wildman–Crippen MR) is 59.4 cm³/mol. The maximum absolute atomic E-state index is 6.32. The van der Waals surface area contributed by atoms with Crippen LogP contribution in [0.25, 0.3) is 0 Å². The monoisotopic (exact) mass is 226 g/mol. The summed E-state index contributed by atoms with van der Waals surface area (Å²) >= 11 is 6.32. The van der Waals surface area contributed by atoms with Crippen molar-refractivity contribution in [3.8, 4) is 5.88 Å². The van der Waals surface area contributed by atoms with Crippen LogP contribution in [0, 0.1) is 0 Å². The van der Waals surface area contributed by atoms with Gasteiger partial charge in [-0.3, -0.25) is 4.98 Å². The first kappa shape index (κ1) is 10.7. The average Bonchev–Trinajstić information content (AvgIpc) is 2.30. The first-order valence-corrected chi connectivity index (χ1v) is 5.75. The molecule has 1 aliphatic carbocycles. The third kappa shape index (κ3) is 2.23. The van der Waals surface area contributed by atoms with Gasteiger partial charge in [-0.25, -0.2) is 4.98 Å². The number of ether oxygens (including phenoxy) is 1. The van der Waals surface area contributed by atoms with E-state index < -0.39 is 0 Å². The molecule has 2 unspecified atom stereocenters. The van der Waals surface area contributed by atoms with Crippen LogP contribution in [0.2, 0.25) is 0 Å². The van der Waals surface area contributed by atoms with Crippen molar-refractivity contribution in [2.75, 3.05) is 7.11 Å². The molecule has 4 heteroatoms. The second-order valence-corrected chi connectivity index (χ2v) is 4.42. The zero-order valence-corrected chi connectivity index (χ0v) is 9.57. The molecule has 0 bridgehead atoms. The molecule has 82 valence electrons. The van der Waals surface area contributed by atoms with E-state index in [2.05, 4.69) is 9.97 Å². The molecule has 3 nitrogen and oxygen atoms in total. The Hall–Kier alpha value is -0.830. The highest BCUT2D eigenvalue weighted by atomic mass is 35.5. The highest BCUT2D eigenvalue weighted by molar-refractivity contribution is 6.21. The number of aromatic nitrogens is 2. The van der Waals surface area contributed by atoms with Gasteiger partial charge in [-0.05, 0) is 12.8 Å². The highest BCUT2D eigenvalue weighted by Crippen LogP contribution is 2.38. The molecule has 2 atom stereocenters. The summed E-state index contributed by atoms with van der Waals surface area (Å²) in [7, 11) is 1.62. The highest BCUT2D eigenvalue weighted by Gasteiger charge is 2.28. The van der Waals surface area contributed by atoms with Gasteiger partial charge in [0.05, 0.1) is 7.11 Å². The topological polar surface area (TPSA) is 35.0 Å². The molecule has 1 saturated carbocycles. The van der Waals surface area contributed by atoms with Crippen LogP contribution in [0.15, 0.2) is 12.4 Å². The Morgan fingerprint density at radius 2 is 2.00 bits per heavy atom. The molecule has 1 aliphatic rings. The third-order valence-corrected chi connectivity index (χ3v) is 3.44. The van der Waals surface area contributed by atoms with Crippen molar-refractivity contribution in [3.63, 3.8) is 0 Å². The van der Waals surface area contributed by atoms with E-state index in [0.29, 0.717) is 11.8 Å². The Bertz CT molecular complexity index is 332. The molecular formula is C11H15ClN2O. The maximum atomic E-state index is 6.32. The summed E-state index contributed by atoms with van der Waals surface area (Å²) < 4.78 is 5.21. The summed E-state index contributed by atoms with van der Waals surface area (Å²) in [4.78, 5) is 8.52. The van der Waals surface area contributed by atoms with Crippen molar-refractivity contribution in [1.82, 2.24) is 9.97 Å². The van der Waals surface area contributed by atoms with E-state index in [-0.39, 0.29) is 5.38 Å². The standard InChI is InChI=1S/C11H15ClN2O/c1-15-11-10(13-6-7-14-11)8-4-2-3-5-9(8)12/h6-9H,2-5H2,1H3. The van der Waals surface area contributed by atoms with Crippen molar-refractivity contribution in [2.45, 2.75) is 37.0 Å². The Labute approximate surface area is 94.8 Å². The fraction of sp³-hybridized carbons (Fsp3) is 0.636. The molecule has 0 radical (unpaired) electrons. The minimum atomic E-state index is 0.171. The molecule has 2 rings (SSSR count). The first-order chi connectivity index (χ1) is 7.33. The van der Waals surface area contributed by atoms with E-state index >= 15 is 0 Å². The van der Waals surface area contributed by atoms with Gasteiger partial charge in [-0.15, -0.1) is 11.6 Å². The molecule has 0 saturated heterocycles. The lowest BCUT2D eigenvalue weighted by Gasteiger charge is -2.26. The second kappa shape index (κ2) is 4.79. The van der Waals surface area contributed by atoms with Gasteiger partial charge in [0.25, 0.3) is 0 Å². The summed E-state index contributed by atoms with van der Waals surface area (Å²) in [6, 6.07) is 0. The van der Waals surface area contributed by atoms with Crippen molar-refractivity contribution >= 4 is 11.6 Å². The normalized spacial score (nSPS) is 26.3. The molecule has 1 aromatic rings. The molecule has 0 spiro atoms. The van der Waals surface area contributed by atoms with Crippen LogP contribution in [-0.2, 0) is 0 Å². The number of hydrogen-bond donors (Lipinski definition) is 0. The molecule has 0 amide bonds.